The van der Waals surface area contributed by atoms with Crippen LogP contribution in [0.1, 0.15) is 29.5 Å². The van der Waals surface area contributed by atoms with Gasteiger partial charge in [0.1, 0.15) is 6.04 Å². The zero-order valence-corrected chi connectivity index (χ0v) is 18.3. The maximum Gasteiger partial charge on any atom is 0.317 e. The molecule has 2 amide bonds. The lowest BCUT2D eigenvalue weighted by atomic mass is 10.0. The van der Waals surface area contributed by atoms with Crippen LogP contribution in [0.4, 0.5) is 0 Å². The molecule has 9 nitrogen and oxygen atoms in total. The van der Waals surface area contributed by atoms with Crippen LogP contribution in [0.3, 0.4) is 0 Å². The first-order chi connectivity index (χ1) is 16.0. The summed E-state index contributed by atoms with van der Waals surface area (Å²) in [5.74, 6) is 3.63. The fourth-order valence-electron chi connectivity index (χ4n) is 3.92. The molecule has 174 valence electrons. The summed E-state index contributed by atoms with van der Waals surface area (Å²) in [7, 11) is 0. The summed E-state index contributed by atoms with van der Waals surface area (Å²) < 4.78 is 0. The van der Waals surface area contributed by atoms with Gasteiger partial charge in [-0.15, -0.1) is 0 Å². The van der Waals surface area contributed by atoms with Crippen molar-refractivity contribution >= 4 is 24.0 Å². The second-order valence-electron chi connectivity index (χ2n) is 7.94. The zero-order chi connectivity index (χ0) is 23.6. The van der Waals surface area contributed by atoms with Crippen molar-refractivity contribution in [1.29, 1.82) is 0 Å². The molecule has 33 heavy (non-hydrogen) atoms. The number of carboxylic acids is 1. The molecular weight excluding hydrogens is 422 g/mol. The SMILES string of the molecule is NN=Cc1ccc(CNC(=O)[C@@H]2CCCN2C(=O)[C@@H](Cc2ccccc2)NCC(=O)O)cc1. The van der Waals surface area contributed by atoms with Gasteiger partial charge < -0.3 is 21.2 Å². The van der Waals surface area contributed by atoms with Crippen LogP contribution in [0.25, 0.3) is 0 Å². The van der Waals surface area contributed by atoms with E-state index in [4.69, 9.17) is 10.9 Å². The van der Waals surface area contributed by atoms with Crippen LogP contribution in [0.5, 0.6) is 0 Å². The lowest BCUT2D eigenvalue weighted by Crippen LogP contribution is -2.53. The van der Waals surface area contributed by atoms with Gasteiger partial charge in [-0.25, -0.2) is 0 Å². The normalized spacial score (nSPS) is 16.6. The molecule has 1 fully saturated rings. The highest BCUT2D eigenvalue weighted by Gasteiger charge is 2.37. The summed E-state index contributed by atoms with van der Waals surface area (Å²) in [6.07, 6.45) is 3.17. The van der Waals surface area contributed by atoms with Crippen LogP contribution in [-0.4, -0.2) is 59.2 Å². The Hall–Kier alpha value is -3.72. The van der Waals surface area contributed by atoms with E-state index in [0.29, 0.717) is 32.4 Å². The van der Waals surface area contributed by atoms with Crippen LogP contribution in [0.2, 0.25) is 0 Å². The van der Waals surface area contributed by atoms with E-state index in [-0.39, 0.29) is 18.4 Å². The maximum absolute atomic E-state index is 13.3. The number of benzene rings is 2. The molecular formula is C24H29N5O4. The topological polar surface area (TPSA) is 137 Å². The number of carbonyl (C=O) groups excluding carboxylic acids is 2. The van der Waals surface area contributed by atoms with Gasteiger partial charge in [0, 0.05) is 13.1 Å². The lowest BCUT2D eigenvalue weighted by Gasteiger charge is -2.28. The predicted molar refractivity (Wildman–Crippen MR) is 124 cm³/mol. The fraction of sp³-hybridized carbons (Fsp3) is 0.333. The highest BCUT2D eigenvalue weighted by Crippen LogP contribution is 2.20. The van der Waals surface area contributed by atoms with E-state index in [0.717, 1.165) is 16.7 Å². The monoisotopic (exact) mass is 451 g/mol. The van der Waals surface area contributed by atoms with Crippen LogP contribution < -0.4 is 16.5 Å². The van der Waals surface area contributed by atoms with Crippen LogP contribution >= 0.6 is 0 Å². The first kappa shape index (κ1) is 23.9. The average Bonchev–Trinajstić information content (AvgIpc) is 3.31. The van der Waals surface area contributed by atoms with Crippen molar-refractivity contribution in [2.75, 3.05) is 13.1 Å². The number of carbonyl (C=O) groups is 3. The summed E-state index contributed by atoms with van der Waals surface area (Å²) in [4.78, 5) is 38.9. The van der Waals surface area contributed by atoms with Gasteiger partial charge in [0.25, 0.3) is 0 Å². The number of carboxylic acid groups (broad SMARTS) is 1. The van der Waals surface area contributed by atoms with E-state index in [1.807, 2.05) is 54.6 Å². The number of hydrogen-bond acceptors (Lipinski definition) is 6. The van der Waals surface area contributed by atoms with Gasteiger partial charge >= 0.3 is 5.97 Å². The number of aliphatic carboxylic acids is 1. The van der Waals surface area contributed by atoms with Gasteiger partial charge in [-0.2, -0.15) is 5.10 Å². The molecule has 5 N–H and O–H groups in total. The Kier molecular flexibility index (Phi) is 8.54. The fourth-order valence-corrected chi connectivity index (χ4v) is 3.92. The molecule has 0 aromatic heterocycles. The van der Waals surface area contributed by atoms with E-state index >= 15 is 0 Å². The quantitative estimate of drug-likeness (QED) is 0.240. The van der Waals surface area contributed by atoms with Crippen molar-refractivity contribution in [1.82, 2.24) is 15.5 Å². The standard InChI is InChI=1S/C24H29N5O4/c25-28-15-19-10-8-18(9-11-19)14-27-23(32)21-7-4-12-29(21)24(33)20(26-16-22(30)31)13-17-5-2-1-3-6-17/h1-3,5-6,8-11,15,20-21,26H,4,7,12-14,16,25H2,(H,27,32)(H,30,31)/t20-,21+/m1/s1. The molecule has 1 aliphatic rings. The first-order valence-corrected chi connectivity index (χ1v) is 10.9. The van der Waals surface area contributed by atoms with Crippen LogP contribution in [0.15, 0.2) is 59.7 Å². The number of amides is 2. The van der Waals surface area contributed by atoms with Gasteiger partial charge in [-0.3, -0.25) is 19.7 Å². The smallest absolute Gasteiger partial charge is 0.317 e. The van der Waals surface area contributed by atoms with Crippen molar-refractivity contribution in [2.24, 2.45) is 10.9 Å². The molecule has 0 spiro atoms. The number of hydrogen-bond donors (Lipinski definition) is 4. The molecule has 1 aliphatic heterocycles. The second-order valence-corrected chi connectivity index (χ2v) is 7.94. The molecule has 0 saturated carbocycles. The van der Waals surface area contributed by atoms with E-state index in [2.05, 4.69) is 15.7 Å². The minimum atomic E-state index is -1.04. The highest BCUT2D eigenvalue weighted by atomic mass is 16.4. The Morgan fingerprint density at radius 1 is 1.12 bits per heavy atom. The zero-order valence-electron chi connectivity index (χ0n) is 18.3. The Balaban J connectivity index is 1.64. The van der Waals surface area contributed by atoms with Crippen molar-refractivity contribution in [3.8, 4) is 0 Å². The van der Waals surface area contributed by atoms with Gasteiger partial charge in [0.2, 0.25) is 11.8 Å². The Morgan fingerprint density at radius 2 is 1.85 bits per heavy atom. The number of rotatable bonds is 10. The molecule has 0 unspecified atom stereocenters. The maximum atomic E-state index is 13.3. The Bertz CT molecular complexity index is 978. The molecule has 1 heterocycles. The number of likely N-dealkylation sites (tertiary alicyclic amines) is 1. The van der Waals surface area contributed by atoms with Crippen LogP contribution in [-0.2, 0) is 27.3 Å². The highest BCUT2D eigenvalue weighted by molar-refractivity contribution is 5.90. The van der Waals surface area contributed by atoms with E-state index in [1.54, 1.807) is 4.90 Å². The minimum Gasteiger partial charge on any atom is -0.480 e. The van der Waals surface area contributed by atoms with Crippen molar-refractivity contribution < 1.29 is 19.5 Å². The third kappa shape index (κ3) is 6.88. The first-order valence-electron chi connectivity index (χ1n) is 10.9. The second kappa shape index (κ2) is 11.8. The Morgan fingerprint density at radius 3 is 2.52 bits per heavy atom. The minimum absolute atomic E-state index is 0.217. The summed E-state index contributed by atoms with van der Waals surface area (Å²) in [6, 6.07) is 15.6. The Labute approximate surface area is 192 Å². The molecule has 3 rings (SSSR count). The molecule has 9 heteroatoms. The molecule has 0 radical (unpaired) electrons. The van der Waals surface area contributed by atoms with Crippen molar-refractivity contribution in [3.05, 3.63) is 71.3 Å². The molecule has 2 aromatic carbocycles. The van der Waals surface area contributed by atoms with E-state index in [9.17, 15) is 14.4 Å². The lowest BCUT2D eigenvalue weighted by molar-refractivity contribution is -0.141. The third-order valence-corrected chi connectivity index (χ3v) is 5.59. The summed E-state index contributed by atoms with van der Waals surface area (Å²) in [6.45, 7) is 0.463. The number of nitrogens with two attached hydrogens (primary N) is 1. The van der Waals surface area contributed by atoms with Gasteiger partial charge in [0.05, 0.1) is 18.8 Å². The number of hydrazone groups is 1. The largest absolute Gasteiger partial charge is 0.480 e. The number of nitrogens with zero attached hydrogens (tertiary/aromatic N) is 2. The summed E-state index contributed by atoms with van der Waals surface area (Å²) >= 11 is 0. The third-order valence-electron chi connectivity index (χ3n) is 5.59. The molecule has 2 aromatic rings. The van der Waals surface area contributed by atoms with Gasteiger partial charge in [-0.05, 0) is 36.0 Å². The molecule has 2 atom stereocenters. The number of nitrogens with one attached hydrogen (secondary N) is 2. The van der Waals surface area contributed by atoms with Gasteiger partial charge in [-0.1, -0.05) is 54.6 Å². The van der Waals surface area contributed by atoms with Crippen molar-refractivity contribution in [2.45, 2.75) is 37.9 Å². The predicted octanol–water partition coefficient (Wildman–Crippen LogP) is 0.872. The van der Waals surface area contributed by atoms with Crippen LogP contribution in [0, 0.1) is 0 Å². The molecule has 1 saturated heterocycles. The summed E-state index contributed by atoms with van der Waals surface area (Å²) in [5.41, 5.74) is 2.69. The average molecular weight is 452 g/mol. The van der Waals surface area contributed by atoms with E-state index < -0.39 is 18.1 Å². The molecule has 0 bridgehead atoms. The summed E-state index contributed by atoms with van der Waals surface area (Å²) in [5, 5.41) is 18.3. The molecule has 0 aliphatic carbocycles. The van der Waals surface area contributed by atoms with Crippen molar-refractivity contribution in [3.63, 3.8) is 0 Å². The van der Waals surface area contributed by atoms with E-state index in [1.165, 1.54) is 6.21 Å². The van der Waals surface area contributed by atoms with Gasteiger partial charge in [0.15, 0.2) is 0 Å².